The van der Waals surface area contributed by atoms with Crippen LogP contribution in [0.15, 0.2) is 54.6 Å². The summed E-state index contributed by atoms with van der Waals surface area (Å²) in [5.74, 6) is 0.529. The number of carbonyl (C=O) groups is 1. The third kappa shape index (κ3) is 4.11. The third-order valence-corrected chi connectivity index (χ3v) is 4.88. The van der Waals surface area contributed by atoms with Gasteiger partial charge in [-0.05, 0) is 24.6 Å². The molecule has 1 atom stereocenters. The van der Waals surface area contributed by atoms with Gasteiger partial charge in [0.1, 0.15) is 0 Å². The zero-order chi connectivity index (χ0) is 16.9. The quantitative estimate of drug-likeness (QED) is 0.789. The fraction of sp³-hybridized carbons (Fsp3) is 0.381. The Kier molecular flexibility index (Phi) is 5.44. The molecule has 1 aliphatic heterocycles. The molecule has 1 fully saturated rings. The first-order chi connectivity index (χ1) is 11.6. The lowest BCUT2D eigenvalue weighted by Gasteiger charge is -2.34. The van der Waals surface area contributed by atoms with Crippen molar-refractivity contribution >= 4 is 5.78 Å². The number of carbonyl (C=O) groups excluding carboxylic acids is 1. The fourth-order valence-corrected chi connectivity index (χ4v) is 3.27. The molecular weight excluding hydrogens is 296 g/mol. The van der Waals surface area contributed by atoms with E-state index in [4.69, 9.17) is 0 Å². The number of piperazine rings is 1. The summed E-state index contributed by atoms with van der Waals surface area (Å²) in [5, 5.41) is 0. The molecule has 3 nitrogen and oxygen atoms in total. The lowest BCUT2D eigenvalue weighted by Crippen LogP contribution is -2.45. The molecule has 0 spiro atoms. The number of likely N-dealkylation sites (N-methyl/N-ethyl adjacent to an activating group) is 1. The zero-order valence-corrected chi connectivity index (χ0v) is 14.6. The molecule has 0 amide bonds. The van der Waals surface area contributed by atoms with Gasteiger partial charge < -0.3 is 9.80 Å². The number of hydrogen-bond donors (Lipinski definition) is 0. The van der Waals surface area contributed by atoms with Gasteiger partial charge in [-0.2, -0.15) is 0 Å². The van der Waals surface area contributed by atoms with Crippen LogP contribution in [-0.4, -0.2) is 55.4 Å². The summed E-state index contributed by atoms with van der Waals surface area (Å²) in [4.78, 5) is 17.5. The molecule has 0 radical (unpaired) electrons. The van der Waals surface area contributed by atoms with Crippen molar-refractivity contribution in [3.63, 3.8) is 0 Å². The number of rotatable bonds is 5. The molecule has 0 aromatic heterocycles. The standard InChI is InChI=1S/C21H26N2O/c1-17(16-23-13-11-22(2)12-14-23)19-9-6-10-20(15-19)21(24)18-7-4-3-5-8-18/h3-10,15,17H,11-14,16H2,1-2H3. The zero-order valence-electron chi connectivity index (χ0n) is 14.6. The Balaban J connectivity index is 1.69. The van der Waals surface area contributed by atoms with Crippen molar-refractivity contribution in [3.8, 4) is 0 Å². The predicted octanol–water partition coefficient (Wildman–Crippen LogP) is 3.27. The van der Waals surface area contributed by atoms with Crippen LogP contribution in [0.1, 0.15) is 34.3 Å². The number of ketones is 1. The first kappa shape index (κ1) is 16.9. The van der Waals surface area contributed by atoms with Crippen LogP contribution in [0.25, 0.3) is 0 Å². The summed E-state index contributed by atoms with van der Waals surface area (Å²) in [6, 6.07) is 17.6. The highest BCUT2D eigenvalue weighted by Crippen LogP contribution is 2.20. The predicted molar refractivity (Wildman–Crippen MR) is 98.7 cm³/mol. The molecule has 3 rings (SSSR count). The summed E-state index contributed by atoms with van der Waals surface area (Å²) in [6.45, 7) is 7.84. The molecular formula is C21H26N2O. The summed E-state index contributed by atoms with van der Waals surface area (Å²) < 4.78 is 0. The van der Waals surface area contributed by atoms with Crippen LogP contribution in [0, 0.1) is 0 Å². The Bertz CT molecular complexity index is 675. The van der Waals surface area contributed by atoms with E-state index in [1.807, 2.05) is 42.5 Å². The molecule has 0 N–H and O–H groups in total. The number of benzene rings is 2. The average molecular weight is 322 g/mol. The Labute approximate surface area is 144 Å². The second kappa shape index (κ2) is 7.73. The van der Waals surface area contributed by atoms with Crippen LogP contribution in [-0.2, 0) is 0 Å². The van der Waals surface area contributed by atoms with Gasteiger partial charge in [-0.3, -0.25) is 4.79 Å². The summed E-state index contributed by atoms with van der Waals surface area (Å²) in [5.41, 5.74) is 2.78. The van der Waals surface area contributed by atoms with Gasteiger partial charge in [0.25, 0.3) is 0 Å². The van der Waals surface area contributed by atoms with Crippen LogP contribution in [0.3, 0.4) is 0 Å². The lowest BCUT2D eigenvalue weighted by atomic mass is 9.95. The Morgan fingerprint density at radius 1 is 0.958 bits per heavy atom. The molecule has 2 aromatic carbocycles. The Morgan fingerprint density at radius 2 is 1.62 bits per heavy atom. The lowest BCUT2D eigenvalue weighted by molar-refractivity contribution is 0.103. The van der Waals surface area contributed by atoms with Crippen molar-refractivity contribution < 1.29 is 4.79 Å². The van der Waals surface area contributed by atoms with Gasteiger partial charge in [-0.15, -0.1) is 0 Å². The second-order valence-electron chi connectivity index (χ2n) is 6.83. The molecule has 2 aromatic rings. The van der Waals surface area contributed by atoms with E-state index < -0.39 is 0 Å². The van der Waals surface area contributed by atoms with Gasteiger partial charge in [0, 0.05) is 43.9 Å². The summed E-state index contributed by atoms with van der Waals surface area (Å²) in [7, 11) is 2.18. The topological polar surface area (TPSA) is 23.6 Å². The molecule has 0 aliphatic carbocycles. The average Bonchev–Trinajstić information content (AvgIpc) is 2.64. The van der Waals surface area contributed by atoms with E-state index in [0.717, 1.165) is 43.9 Å². The van der Waals surface area contributed by atoms with Crippen LogP contribution in [0.2, 0.25) is 0 Å². The van der Waals surface area contributed by atoms with Gasteiger partial charge in [0.05, 0.1) is 0 Å². The van der Waals surface area contributed by atoms with Crippen LogP contribution < -0.4 is 0 Å². The third-order valence-electron chi connectivity index (χ3n) is 4.88. The van der Waals surface area contributed by atoms with E-state index in [1.165, 1.54) is 5.56 Å². The van der Waals surface area contributed by atoms with E-state index >= 15 is 0 Å². The highest BCUT2D eigenvalue weighted by molar-refractivity contribution is 6.09. The van der Waals surface area contributed by atoms with Crippen LogP contribution in [0.4, 0.5) is 0 Å². The minimum Gasteiger partial charge on any atom is -0.304 e. The van der Waals surface area contributed by atoms with Crippen molar-refractivity contribution in [2.45, 2.75) is 12.8 Å². The maximum atomic E-state index is 12.6. The van der Waals surface area contributed by atoms with Crippen LogP contribution in [0.5, 0.6) is 0 Å². The van der Waals surface area contributed by atoms with Crippen LogP contribution >= 0.6 is 0 Å². The number of nitrogens with zero attached hydrogens (tertiary/aromatic N) is 2. The van der Waals surface area contributed by atoms with E-state index in [-0.39, 0.29) is 5.78 Å². The second-order valence-corrected chi connectivity index (χ2v) is 6.83. The molecule has 1 saturated heterocycles. The normalized spacial score (nSPS) is 17.6. The summed E-state index contributed by atoms with van der Waals surface area (Å²) >= 11 is 0. The first-order valence-electron chi connectivity index (χ1n) is 8.74. The SMILES string of the molecule is CC(CN1CCN(C)CC1)c1cccc(C(=O)c2ccccc2)c1. The maximum Gasteiger partial charge on any atom is 0.193 e. The molecule has 1 aliphatic rings. The van der Waals surface area contributed by atoms with Crippen molar-refractivity contribution in [1.29, 1.82) is 0 Å². The fourth-order valence-electron chi connectivity index (χ4n) is 3.27. The van der Waals surface area contributed by atoms with E-state index in [9.17, 15) is 4.79 Å². The van der Waals surface area contributed by atoms with Crippen molar-refractivity contribution in [1.82, 2.24) is 9.80 Å². The minimum atomic E-state index is 0.101. The number of hydrogen-bond acceptors (Lipinski definition) is 3. The highest BCUT2D eigenvalue weighted by Gasteiger charge is 2.18. The maximum absolute atomic E-state index is 12.6. The van der Waals surface area contributed by atoms with Gasteiger partial charge in [-0.25, -0.2) is 0 Å². The molecule has 1 unspecified atom stereocenters. The van der Waals surface area contributed by atoms with E-state index in [0.29, 0.717) is 5.92 Å². The molecule has 24 heavy (non-hydrogen) atoms. The van der Waals surface area contributed by atoms with Crippen molar-refractivity contribution in [2.24, 2.45) is 0 Å². The molecule has 3 heteroatoms. The Morgan fingerprint density at radius 3 is 2.33 bits per heavy atom. The monoisotopic (exact) mass is 322 g/mol. The largest absolute Gasteiger partial charge is 0.304 e. The van der Waals surface area contributed by atoms with Gasteiger partial charge >= 0.3 is 0 Å². The van der Waals surface area contributed by atoms with E-state index in [1.54, 1.807) is 0 Å². The minimum absolute atomic E-state index is 0.101. The molecule has 0 saturated carbocycles. The molecule has 1 heterocycles. The van der Waals surface area contributed by atoms with Gasteiger partial charge in [-0.1, -0.05) is 55.5 Å². The highest BCUT2D eigenvalue weighted by atomic mass is 16.1. The van der Waals surface area contributed by atoms with E-state index in [2.05, 4.69) is 35.9 Å². The first-order valence-corrected chi connectivity index (χ1v) is 8.74. The van der Waals surface area contributed by atoms with Crippen molar-refractivity contribution in [2.75, 3.05) is 39.8 Å². The molecule has 0 bridgehead atoms. The Hall–Kier alpha value is -1.97. The van der Waals surface area contributed by atoms with Crippen molar-refractivity contribution in [3.05, 3.63) is 71.3 Å². The summed E-state index contributed by atoms with van der Waals surface area (Å²) in [6.07, 6.45) is 0. The van der Waals surface area contributed by atoms with Gasteiger partial charge in [0.2, 0.25) is 0 Å². The smallest absolute Gasteiger partial charge is 0.193 e. The molecule has 126 valence electrons. The van der Waals surface area contributed by atoms with Gasteiger partial charge in [0.15, 0.2) is 5.78 Å².